The van der Waals surface area contributed by atoms with Gasteiger partial charge in [0.2, 0.25) is 0 Å². The Morgan fingerprint density at radius 2 is 1.83 bits per heavy atom. The van der Waals surface area contributed by atoms with Crippen molar-refractivity contribution < 1.29 is 5.11 Å². The van der Waals surface area contributed by atoms with Crippen molar-refractivity contribution in [2.24, 2.45) is 0 Å². The lowest BCUT2D eigenvalue weighted by Gasteiger charge is -2.42. The maximum absolute atomic E-state index is 10.1. The molecule has 2 atom stereocenters. The molecule has 1 N–H and O–H groups in total. The van der Waals surface area contributed by atoms with Crippen molar-refractivity contribution in [1.82, 2.24) is 9.80 Å². The molecule has 0 aliphatic carbocycles. The maximum atomic E-state index is 10.1. The number of rotatable bonds is 2. The summed E-state index contributed by atoms with van der Waals surface area (Å²) in [5.74, 6) is 0.455. The lowest BCUT2D eigenvalue weighted by atomic mass is 10.1. The lowest BCUT2D eigenvalue weighted by Crippen LogP contribution is -2.54. The smallest absolute Gasteiger partial charge is 0.122 e. The van der Waals surface area contributed by atoms with Crippen molar-refractivity contribution in [3.8, 4) is 5.75 Å². The molecule has 1 aliphatic heterocycles. The topological polar surface area (TPSA) is 26.7 Å². The number of para-hydroxylation sites is 1. The van der Waals surface area contributed by atoms with Gasteiger partial charge in [0.25, 0.3) is 0 Å². The van der Waals surface area contributed by atoms with Gasteiger partial charge < -0.3 is 5.11 Å². The van der Waals surface area contributed by atoms with Crippen LogP contribution in [-0.2, 0) is 6.54 Å². The second kappa shape index (κ2) is 5.29. The summed E-state index contributed by atoms with van der Waals surface area (Å²) < 4.78 is 0. The van der Waals surface area contributed by atoms with Crippen molar-refractivity contribution in [3.63, 3.8) is 0 Å². The predicted octanol–water partition coefficient (Wildman–Crippen LogP) is 2.23. The zero-order valence-corrected chi connectivity index (χ0v) is 11.8. The zero-order chi connectivity index (χ0) is 13.3. The fraction of sp³-hybridized carbons (Fsp3) is 0.600. The molecule has 3 nitrogen and oxygen atoms in total. The standard InChI is InChI=1S/C15H24N2O/c1-11-6-5-7-14(15(11)18)10-17-8-12(2)16(4)13(3)9-17/h5-7,12-13,18H,8-10H2,1-4H3. The number of phenolic OH excluding ortho intramolecular Hbond substituents is 1. The van der Waals surface area contributed by atoms with Crippen LogP contribution >= 0.6 is 0 Å². The Labute approximate surface area is 110 Å². The number of aromatic hydroxyl groups is 1. The highest BCUT2D eigenvalue weighted by Gasteiger charge is 2.26. The summed E-state index contributed by atoms with van der Waals surface area (Å²) in [6.07, 6.45) is 0. The first-order valence-corrected chi connectivity index (χ1v) is 6.70. The summed E-state index contributed by atoms with van der Waals surface area (Å²) >= 11 is 0. The molecule has 1 heterocycles. The van der Waals surface area contributed by atoms with E-state index in [1.807, 2.05) is 25.1 Å². The number of hydrogen-bond donors (Lipinski definition) is 1. The van der Waals surface area contributed by atoms with Crippen LogP contribution in [-0.4, -0.2) is 47.1 Å². The van der Waals surface area contributed by atoms with Gasteiger partial charge in [-0.25, -0.2) is 0 Å². The highest BCUT2D eigenvalue weighted by atomic mass is 16.3. The molecule has 1 aromatic carbocycles. The molecule has 1 saturated heterocycles. The van der Waals surface area contributed by atoms with Crippen LogP contribution in [0.5, 0.6) is 5.75 Å². The molecule has 100 valence electrons. The molecule has 1 aromatic rings. The molecule has 0 saturated carbocycles. The minimum absolute atomic E-state index is 0.455. The summed E-state index contributed by atoms with van der Waals surface area (Å²) in [5.41, 5.74) is 2.00. The lowest BCUT2D eigenvalue weighted by molar-refractivity contribution is 0.0552. The van der Waals surface area contributed by atoms with E-state index in [0.29, 0.717) is 17.8 Å². The number of phenols is 1. The summed E-state index contributed by atoms with van der Waals surface area (Å²) in [7, 11) is 2.19. The first-order chi connectivity index (χ1) is 8.49. The van der Waals surface area contributed by atoms with Crippen molar-refractivity contribution in [3.05, 3.63) is 29.3 Å². The molecule has 1 fully saturated rings. The summed E-state index contributed by atoms with van der Waals surface area (Å²) in [6.45, 7) is 9.45. The zero-order valence-electron chi connectivity index (χ0n) is 11.8. The van der Waals surface area contributed by atoms with E-state index in [0.717, 1.165) is 30.8 Å². The third kappa shape index (κ3) is 2.68. The molecule has 0 radical (unpaired) electrons. The second-order valence-electron chi connectivity index (χ2n) is 5.64. The predicted molar refractivity (Wildman–Crippen MR) is 74.8 cm³/mol. The first-order valence-electron chi connectivity index (χ1n) is 6.70. The fourth-order valence-electron chi connectivity index (χ4n) is 2.73. The third-order valence-corrected chi connectivity index (χ3v) is 4.15. The van der Waals surface area contributed by atoms with Crippen LogP contribution in [0.3, 0.4) is 0 Å². The Morgan fingerprint density at radius 3 is 2.44 bits per heavy atom. The van der Waals surface area contributed by atoms with Crippen molar-refractivity contribution in [2.45, 2.75) is 39.4 Å². The van der Waals surface area contributed by atoms with Crippen molar-refractivity contribution >= 4 is 0 Å². The monoisotopic (exact) mass is 248 g/mol. The quantitative estimate of drug-likeness (QED) is 0.869. The SMILES string of the molecule is Cc1cccc(CN2CC(C)N(C)C(C)C2)c1O. The molecule has 0 bridgehead atoms. The average Bonchev–Trinajstić information content (AvgIpc) is 2.32. The minimum Gasteiger partial charge on any atom is -0.507 e. The van der Waals surface area contributed by atoms with Gasteiger partial charge in [-0.05, 0) is 33.4 Å². The Hall–Kier alpha value is -1.06. The van der Waals surface area contributed by atoms with Crippen LogP contribution in [0.1, 0.15) is 25.0 Å². The largest absolute Gasteiger partial charge is 0.507 e. The molecular weight excluding hydrogens is 224 g/mol. The first kappa shape index (κ1) is 13.4. The van der Waals surface area contributed by atoms with Crippen LogP contribution in [0.15, 0.2) is 18.2 Å². The fourth-order valence-corrected chi connectivity index (χ4v) is 2.73. The van der Waals surface area contributed by atoms with Crippen LogP contribution in [0.25, 0.3) is 0 Å². The summed E-state index contributed by atoms with van der Waals surface area (Å²) in [5, 5.41) is 10.1. The molecule has 0 spiro atoms. The van der Waals surface area contributed by atoms with Gasteiger partial charge in [-0.1, -0.05) is 18.2 Å². The average molecular weight is 248 g/mol. The van der Waals surface area contributed by atoms with Gasteiger partial charge in [0.05, 0.1) is 0 Å². The van der Waals surface area contributed by atoms with E-state index in [1.54, 1.807) is 0 Å². The maximum Gasteiger partial charge on any atom is 0.122 e. The molecular formula is C15H24N2O. The summed E-state index contributed by atoms with van der Waals surface area (Å²) in [6, 6.07) is 7.14. The number of benzene rings is 1. The van der Waals surface area contributed by atoms with E-state index in [1.165, 1.54) is 0 Å². The Bertz CT molecular complexity index is 407. The van der Waals surface area contributed by atoms with Gasteiger partial charge >= 0.3 is 0 Å². The van der Waals surface area contributed by atoms with E-state index in [-0.39, 0.29) is 0 Å². The highest BCUT2D eigenvalue weighted by Crippen LogP contribution is 2.24. The van der Waals surface area contributed by atoms with Crippen molar-refractivity contribution in [1.29, 1.82) is 0 Å². The van der Waals surface area contributed by atoms with Gasteiger partial charge in [0, 0.05) is 37.3 Å². The van der Waals surface area contributed by atoms with Gasteiger partial charge in [-0.2, -0.15) is 0 Å². The number of nitrogens with zero attached hydrogens (tertiary/aromatic N) is 2. The number of hydrogen-bond acceptors (Lipinski definition) is 3. The molecule has 0 aromatic heterocycles. The highest BCUT2D eigenvalue weighted by molar-refractivity contribution is 5.39. The number of likely N-dealkylation sites (N-methyl/N-ethyl adjacent to an activating group) is 1. The number of aryl methyl sites for hydroxylation is 1. The van der Waals surface area contributed by atoms with Gasteiger partial charge in [-0.15, -0.1) is 0 Å². The normalized spacial score (nSPS) is 26.4. The van der Waals surface area contributed by atoms with Crippen LogP contribution in [0, 0.1) is 6.92 Å². The second-order valence-corrected chi connectivity index (χ2v) is 5.64. The van der Waals surface area contributed by atoms with E-state index in [9.17, 15) is 5.11 Å². The Balaban J connectivity index is 2.08. The van der Waals surface area contributed by atoms with Crippen LogP contribution < -0.4 is 0 Å². The summed E-state index contributed by atoms with van der Waals surface area (Å²) in [4.78, 5) is 4.86. The molecule has 3 heteroatoms. The molecule has 0 amide bonds. The van der Waals surface area contributed by atoms with Gasteiger partial charge in [0.1, 0.15) is 5.75 Å². The van der Waals surface area contributed by atoms with E-state index in [4.69, 9.17) is 0 Å². The minimum atomic E-state index is 0.455. The van der Waals surface area contributed by atoms with Crippen molar-refractivity contribution in [2.75, 3.05) is 20.1 Å². The van der Waals surface area contributed by atoms with E-state index < -0.39 is 0 Å². The molecule has 18 heavy (non-hydrogen) atoms. The molecule has 1 aliphatic rings. The number of piperazine rings is 1. The van der Waals surface area contributed by atoms with Crippen LogP contribution in [0.2, 0.25) is 0 Å². The van der Waals surface area contributed by atoms with Crippen LogP contribution in [0.4, 0.5) is 0 Å². The van der Waals surface area contributed by atoms with Gasteiger partial charge in [-0.3, -0.25) is 9.80 Å². The Kier molecular flexibility index (Phi) is 3.93. The van der Waals surface area contributed by atoms with E-state index >= 15 is 0 Å². The van der Waals surface area contributed by atoms with Gasteiger partial charge in [0.15, 0.2) is 0 Å². The Morgan fingerprint density at radius 1 is 1.22 bits per heavy atom. The molecule has 2 rings (SSSR count). The third-order valence-electron chi connectivity index (χ3n) is 4.15. The van der Waals surface area contributed by atoms with E-state index in [2.05, 4.69) is 30.7 Å². The molecule has 2 unspecified atom stereocenters.